The molecule has 0 saturated heterocycles. The van der Waals surface area contributed by atoms with E-state index in [1.54, 1.807) is 20.3 Å². The second kappa shape index (κ2) is 4.85. The number of aromatic hydroxyl groups is 1. The molecule has 0 fully saturated rings. The van der Waals surface area contributed by atoms with Crippen LogP contribution in [0, 0.1) is 13.8 Å². The second-order valence-corrected chi connectivity index (χ2v) is 5.26. The molecule has 3 heteroatoms. The first-order valence-electron chi connectivity index (χ1n) is 6.84. The van der Waals surface area contributed by atoms with Gasteiger partial charge >= 0.3 is 0 Å². The summed E-state index contributed by atoms with van der Waals surface area (Å²) in [5, 5.41) is 14.1. The molecule has 0 radical (unpaired) electrons. The van der Waals surface area contributed by atoms with Gasteiger partial charge in [-0.25, -0.2) is 0 Å². The fourth-order valence-corrected chi connectivity index (χ4v) is 2.86. The molecule has 0 spiro atoms. The van der Waals surface area contributed by atoms with Crippen LogP contribution < -0.4 is 9.47 Å². The van der Waals surface area contributed by atoms with Gasteiger partial charge in [-0.1, -0.05) is 18.2 Å². The largest absolute Gasteiger partial charge is 0.504 e. The molecule has 3 rings (SSSR count). The van der Waals surface area contributed by atoms with Gasteiger partial charge in [-0.3, -0.25) is 0 Å². The maximum Gasteiger partial charge on any atom is 0.161 e. The first kappa shape index (κ1) is 13.6. The van der Waals surface area contributed by atoms with Crippen LogP contribution in [0.2, 0.25) is 0 Å². The lowest BCUT2D eigenvalue weighted by Gasteiger charge is -2.15. The summed E-state index contributed by atoms with van der Waals surface area (Å²) < 4.78 is 10.9. The van der Waals surface area contributed by atoms with Crippen molar-refractivity contribution in [3.63, 3.8) is 0 Å². The molecule has 0 aliphatic carbocycles. The lowest BCUT2D eigenvalue weighted by Crippen LogP contribution is -1.93. The Bertz CT molecular complexity index is 850. The standard InChI is InChI=1S/C18H18O3/c1-10-7-13-6-5-12-8-15(19)16(20-3)9-14(12)17(13)18(21-4)11(10)2/h5-9,19H,1-4H3. The van der Waals surface area contributed by atoms with Crippen LogP contribution in [0.3, 0.4) is 0 Å². The molecule has 0 amide bonds. The Balaban J connectivity index is 2.54. The molecule has 21 heavy (non-hydrogen) atoms. The van der Waals surface area contributed by atoms with Crippen LogP contribution in [0.5, 0.6) is 17.2 Å². The highest BCUT2D eigenvalue weighted by molar-refractivity contribution is 6.12. The van der Waals surface area contributed by atoms with Gasteiger partial charge in [0.2, 0.25) is 0 Å². The smallest absolute Gasteiger partial charge is 0.161 e. The first-order chi connectivity index (χ1) is 10.1. The average Bonchev–Trinajstić information content (AvgIpc) is 2.48. The molecule has 3 aromatic carbocycles. The van der Waals surface area contributed by atoms with Crippen molar-refractivity contribution < 1.29 is 14.6 Å². The zero-order chi connectivity index (χ0) is 15.1. The van der Waals surface area contributed by atoms with E-state index in [9.17, 15) is 5.11 Å². The fourth-order valence-electron chi connectivity index (χ4n) is 2.86. The minimum absolute atomic E-state index is 0.146. The molecule has 0 aliphatic rings. The molecule has 0 unspecified atom stereocenters. The zero-order valence-electron chi connectivity index (χ0n) is 12.7. The maximum absolute atomic E-state index is 9.95. The monoisotopic (exact) mass is 282 g/mol. The number of ether oxygens (including phenoxy) is 2. The van der Waals surface area contributed by atoms with Crippen LogP contribution in [0.15, 0.2) is 30.3 Å². The Morgan fingerprint density at radius 2 is 1.62 bits per heavy atom. The Hall–Kier alpha value is -2.42. The number of methoxy groups -OCH3 is 2. The molecule has 0 aromatic heterocycles. The molecule has 108 valence electrons. The van der Waals surface area contributed by atoms with Crippen molar-refractivity contribution in [3.05, 3.63) is 41.5 Å². The quantitative estimate of drug-likeness (QED) is 0.711. The summed E-state index contributed by atoms with van der Waals surface area (Å²) in [5.41, 5.74) is 2.33. The average molecular weight is 282 g/mol. The van der Waals surface area contributed by atoms with Gasteiger partial charge in [-0.05, 0) is 53.3 Å². The summed E-state index contributed by atoms with van der Waals surface area (Å²) >= 11 is 0. The van der Waals surface area contributed by atoms with E-state index in [0.29, 0.717) is 5.75 Å². The second-order valence-electron chi connectivity index (χ2n) is 5.26. The van der Waals surface area contributed by atoms with E-state index in [-0.39, 0.29) is 5.75 Å². The van der Waals surface area contributed by atoms with Gasteiger partial charge in [0, 0.05) is 5.39 Å². The maximum atomic E-state index is 9.95. The van der Waals surface area contributed by atoms with Gasteiger partial charge in [0.15, 0.2) is 11.5 Å². The fraction of sp³-hybridized carbons (Fsp3) is 0.222. The van der Waals surface area contributed by atoms with Crippen LogP contribution in [0.4, 0.5) is 0 Å². The van der Waals surface area contributed by atoms with Gasteiger partial charge in [0.05, 0.1) is 14.2 Å². The van der Waals surface area contributed by atoms with Crippen LogP contribution in [-0.2, 0) is 0 Å². The zero-order valence-corrected chi connectivity index (χ0v) is 12.7. The number of fused-ring (bicyclic) bond motifs is 3. The van der Waals surface area contributed by atoms with Crippen LogP contribution in [0.25, 0.3) is 21.5 Å². The number of aryl methyl sites for hydroxylation is 1. The molecule has 3 nitrogen and oxygen atoms in total. The highest BCUT2D eigenvalue weighted by Gasteiger charge is 2.13. The summed E-state index contributed by atoms with van der Waals surface area (Å²) in [7, 11) is 3.25. The van der Waals surface area contributed by atoms with Crippen LogP contribution in [0.1, 0.15) is 11.1 Å². The van der Waals surface area contributed by atoms with E-state index in [1.165, 1.54) is 5.56 Å². The van der Waals surface area contributed by atoms with E-state index < -0.39 is 0 Å². The molecule has 0 bridgehead atoms. The van der Waals surface area contributed by atoms with Crippen LogP contribution >= 0.6 is 0 Å². The number of rotatable bonds is 2. The summed E-state index contributed by atoms with van der Waals surface area (Å²) in [6.45, 7) is 4.14. The molecule has 3 aromatic rings. The predicted octanol–water partition coefficient (Wildman–Crippen LogP) is 4.33. The number of hydrogen-bond acceptors (Lipinski definition) is 3. The summed E-state index contributed by atoms with van der Waals surface area (Å²) in [6.07, 6.45) is 0. The van der Waals surface area contributed by atoms with E-state index in [1.807, 2.05) is 12.1 Å². The lowest BCUT2D eigenvalue weighted by molar-refractivity contribution is 0.374. The SMILES string of the molecule is COc1cc2c(ccc3cc(C)c(C)c(OC)c32)cc1O. The van der Waals surface area contributed by atoms with Crippen molar-refractivity contribution in [3.8, 4) is 17.2 Å². The Labute approximate surface area is 123 Å². The number of hydrogen-bond donors (Lipinski definition) is 1. The van der Waals surface area contributed by atoms with Crippen molar-refractivity contribution in [2.45, 2.75) is 13.8 Å². The topological polar surface area (TPSA) is 38.7 Å². The molecule has 1 N–H and O–H groups in total. The highest BCUT2D eigenvalue weighted by Crippen LogP contribution is 2.40. The third-order valence-corrected chi connectivity index (χ3v) is 4.09. The van der Waals surface area contributed by atoms with Gasteiger partial charge in [-0.2, -0.15) is 0 Å². The van der Waals surface area contributed by atoms with Gasteiger partial charge in [-0.15, -0.1) is 0 Å². The summed E-state index contributed by atoms with van der Waals surface area (Å²) in [5.74, 6) is 1.49. The third kappa shape index (κ3) is 1.97. The molecule has 0 heterocycles. The molecular formula is C18H18O3. The van der Waals surface area contributed by atoms with E-state index in [2.05, 4.69) is 26.0 Å². The van der Waals surface area contributed by atoms with Crippen LogP contribution in [-0.4, -0.2) is 19.3 Å². The molecule has 0 atom stereocenters. The lowest BCUT2D eigenvalue weighted by atomic mass is 9.96. The van der Waals surface area contributed by atoms with Crippen molar-refractivity contribution in [1.82, 2.24) is 0 Å². The predicted molar refractivity (Wildman–Crippen MR) is 85.7 cm³/mol. The normalized spacial score (nSPS) is 11.0. The van der Waals surface area contributed by atoms with Crippen molar-refractivity contribution >= 4 is 21.5 Å². The minimum Gasteiger partial charge on any atom is -0.504 e. The van der Waals surface area contributed by atoms with Gasteiger partial charge in [0.25, 0.3) is 0 Å². The van der Waals surface area contributed by atoms with E-state index >= 15 is 0 Å². The number of phenols is 1. The Morgan fingerprint density at radius 3 is 2.29 bits per heavy atom. The van der Waals surface area contributed by atoms with Gasteiger partial charge < -0.3 is 14.6 Å². The number of phenolic OH excluding ortho intramolecular Hbond substituents is 1. The van der Waals surface area contributed by atoms with E-state index in [4.69, 9.17) is 9.47 Å². The Kier molecular flexibility index (Phi) is 3.13. The van der Waals surface area contributed by atoms with Gasteiger partial charge in [0.1, 0.15) is 5.75 Å². The third-order valence-electron chi connectivity index (χ3n) is 4.09. The number of benzene rings is 3. The highest BCUT2D eigenvalue weighted by atomic mass is 16.5. The molecule has 0 saturated carbocycles. The van der Waals surface area contributed by atoms with E-state index in [0.717, 1.165) is 32.9 Å². The first-order valence-corrected chi connectivity index (χ1v) is 6.84. The summed E-state index contributed by atoms with van der Waals surface area (Å²) in [4.78, 5) is 0. The van der Waals surface area contributed by atoms with Crippen molar-refractivity contribution in [1.29, 1.82) is 0 Å². The molecule has 0 aliphatic heterocycles. The Morgan fingerprint density at radius 1 is 0.905 bits per heavy atom. The minimum atomic E-state index is 0.146. The van der Waals surface area contributed by atoms with Crippen molar-refractivity contribution in [2.75, 3.05) is 14.2 Å². The summed E-state index contributed by atoms with van der Waals surface area (Å²) in [6, 6.07) is 9.81. The molecular weight excluding hydrogens is 264 g/mol. The van der Waals surface area contributed by atoms with Crippen molar-refractivity contribution in [2.24, 2.45) is 0 Å².